The Morgan fingerprint density at radius 2 is 1.65 bits per heavy atom. The van der Waals surface area contributed by atoms with Crippen LogP contribution >= 0.6 is 23.2 Å². The van der Waals surface area contributed by atoms with Gasteiger partial charge in [0.25, 0.3) is 5.91 Å². The van der Waals surface area contributed by atoms with Gasteiger partial charge in [0, 0.05) is 30.7 Å². The van der Waals surface area contributed by atoms with E-state index in [1.165, 1.54) is 0 Å². The fourth-order valence-corrected chi connectivity index (χ4v) is 5.19. The Bertz CT molecular complexity index is 1460. The van der Waals surface area contributed by atoms with E-state index in [0.717, 1.165) is 5.56 Å². The Morgan fingerprint density at radius 1 is 1.00 bits per heavy atom. The zero-order valence-electron chi connectivity index (χ0n) is 22.5. The number of hydrogen-bond acceptors (Lipinski definition) is 5. The number of likely N-dealkylation sites (tertiary alicyclic amines) is 1. The summed E-state index contributed by atoms with van der Waals surface area (Å²) in [6.07, 6.45) is 0.864. The van der Waals surface area contributed by atoms with Crippen LogP contribution in [-0.2, 0) is 12.1 Å². The molecule has 0 spiro atoms. The number of aromatic nitrogens is 2. The topological polar surface area (TPSA) is 79.6 Å². The van der Waals surface area contributed by atoms with E-state index in [-0.39, 0.29) is 17.6 Å². The fraction of sp³-hybridized carbons (Fsp3) is 0.290. The normalized spacial score (nSPS) is 14.9. The highest BCUT2D eigenvalue weighted by Crippen LogP contribution is 2.36. The van der Waals surface area contributed by atoms with Crippen molar-refractivity contribution in [3.63, 3.8) is 0 Å². The summed E-state index contributed by atoms with van der Waals surface area (Å²) in [6, 6.07) is 24.1. The first-order valence-electron chi connectivity index (χ1n) is 13.4. The molecule has 1 aromatic heterocycles. The number of ether oxygens (including phenoxy) is 1. The third-order valence-electron chi connectivity index (χ3n) is 7.12. The summed E-state index contributed by atoms with van der Waals surface area (Å²) in [4.78, 5) is 15.8. The van der Waals surface area contributed by atoms with Crippen LogP contribution in [0.4, 0.5) is 0 Å². The Hall–Kier alpha value is -3.36. The molecule has 0 unspecified atom stereocenters. The number of nitrogens with one attached hydrogen (secondary N) is 1. The van der Waals surface area contributed by atoms with E-state index in [4.69, 9.17) is 33.0 Å². The van der Waals surface area contributed by atoms with Gasteiger partial charge in [0.15, 0.2) is 5.69 Å². The maximum absolute atomic E-state index is 14.0. The van der Waals surface area contributed by atoms with Crippen LogP contribution < -0.4 is 10.1 Å². The molecule has 1 aliphatic rings. The number of piperidine rings is 1. The zero-order valence-corrected chi connectivity index (χ0v) is 24.0. The molecule has 40 heavy (non-hydrogen) atoms. The minimum absolute atomic E-state index is 0.158. The molecule has 5 rings (SSSR count). The summed E-state index contributed by atoms with van der Waals surface area (Å²) >= 11 is 12.7. The van der Waals surface area contributed by atoms with Crippen molar-refractivity contribution in [2.45, 2.75) is 44.9 Å². The highest BCUT2D eigenvalue weighted by atomic mass is 35.5. The molecule has 1 aliphatic heterocycles. The van der Waals surface area contributed by atoms with Gasteiger partial charge in [0.05, 0.1) is 21.9 Å². The molecule has 1 amide bonds. The zero-order chi connectivity index (χ0) is 28.3. The summed E-state index contributed by atoms with van der Waals surface area (Å²) < 4.78 is 7.97. The number of benzene rings is 3. The van der Waals surface area contributed by atoms with Gasteiger partial charge in [-0.2, -0.15) is 9.78 Å². The lowest BCUT2D eigenvalue weighted by atomic mass is 9.84. The van der Waals surface area contributed by atoms with Crippen molar-refractivity contribution in [1.82, 2.24) is 20.0 Å². The highest BCUT2D eigenvalue weighted by molar-refractivity contribution is 6.32. The van der Waals surface area contributed by atoms with Gasteiger partial charge >= 0.3 is 0 Å². The molecule has 9 heteroatoms. The highest BCUT2D eigenvalue weighted by Gasteiger charge is 2.37. The first kappa shape index (κ1) is 28.2. The second kappa shape index (κ2) is 12.0. The second-order valence-electron chi connectivity index (χ2n) is 10.3. The van der Waals surface area contributed by atoms with Crippen LogP contribution in [0, 0.1) is 0 Å². The summed E-state index contributed by atoms with van der Waals surface area (Å²) in [6.45, 7) is 5.22. The molecule has 3 aromatic carbocycles. The summed E-state index contributed by atoms with van der Waals surface area (Å²) in [5.41, 5.74) is 1.39. The summed E-state index contributed by atoms with van der Waals surface area (Å²) in [7, 11) is 0. The van der Waals surface area contributed by atoms with Gasteiger partial charge in [0.2, 0.25) is 5.88 Å². The minimum atomic E-state index is -0.972. The van der Waals surface area contributed by atoms with Crippen molar-refractivity contribution in [1.29, 1.82) is 0 Å². The van der Waals surface area contributed by atoms with Gasteiger partial charge in [-0.3, -0.25) is 4.79 Å². The maximum atomic E-state index is 14.0. The molecular weight excluding hydrogens is 547 g/mol. The number of para-hydroxylation sites is 1. The van der Waals surface area contributed by atoms with Crippen molar-refractivity contribution in [3.05, 3.63) is 106 Å². The lowest BCUT2D eigenvalue weighted by molar-refractivity contribution is -0.0213. The van der Waals surface area contributed by atoms with Crippen LogP contribution in [0.15, 0.2) is 78.9 Å². The van der Waals surface area contributed by atoms with Gasteiger partial charge in [0.1, 0.15) is 5.75 Å². The molecule has 2 N–H and O–H groups in total. The molecule has 0 saturated carbocycles. The van der Waals surface area contributed by atoms with Crippen LogP contribution in [0.1, 0.15) is 48.3 Å². The monoisotopic (exact) mass is 578 g/mol. The van der Waals surface area contributed by atoms with E-state index in [1.807, 2.05) is 62.4 Å². The van der Waals surface area contributed by atoms with Gasteiger partial charge in [-0.1, -0.05) is 79.5 Å². The number of nitrogens with zero attached hydrogens (tertiary/aromatic N) is 3. The molecule has 0 radical (unpaired) electrons. The van der Waals surface area contributed by atoms with E-state index in [9.17, 15) is 9.90 Å². The second-order valence-corrected chi connectivity index (χ2v) is 11.1. The SMILES string of the molecule is CC(C)NCc1c(C(=O)N2CCC(O)(c3ccccc3)CC2)nn(-c2ccccc2Cl)c1Oc1ccc(Cl)cc1. The molecular formula is C31H32Cl2N4O3. The molecule has 208 valence electrons. The Kier molecular flexibility index (Phi) is 8.47. The number of rotatable bonds is 8. The average molecular weight is 580 g/mol. The summed E-state index contributed by atoms with van der Waals surface area (Å²) in [5.74, 6) is 0.723. The van der Waals surface area contributed by atoms with Crippen molar-refractivity contribution in [3.8, 4) is 17.3 Å². The van der Waals surface area contributed by atoms with Crippen molar-refractivity contribution >= 4 is 29.1 Å². The van der Waals surface area contributed by atoms with Crippen LogP contribution in [0.3, 0.4) is 0 Å². The van der Waals surface area contributed by atoms with Gasteiger partial charge < -0.3 is 20.1 Å². The first-order valence-corrected chi connectivity index (χ1v) is 14.1. The lowest BCUT2D eigenvalue weighted by Crippen LogP contribution is -2.45. The quantitative estimate of drug-likeness (QED) is 0.246. The van der Waals surface area contributed by atoms with E-state index in [2.05, 4.69) is 5.32 Å². The number of carbonyl (C=O) groups excluding carboxylic acids is 1. The third-order valence-corrected chi connectivity index (χ3v) is 7.70. The van der Waals surface area contributed by atoms with E-state index in [0.29, 0.717) is 65.4 Å². The van der Waals surface area contributed by atoms with Gasteiger partial charge in [-0.15, -0.1) is 0 Å². The van der Waals surface area contributed by atoms with Crippen molar-refractivity contribution in [2.24, 2.45) is 0 Å². The van der Waals surface area contributed by atoms with Crippen molar-refractivity contribution in [2.75, 3.05) is 13.1 Å². The van der Waals surface area contributed by atoms with Gasteiger partial charge in [-0.05, 0) is 54.8 Å². The standard InChI is InChI=1S/C31H32Cl2N4O3/c1-21(2)34-20-25-28(29(38)36-18-16-31(39,17-19-36)22-8-4-3-5-9-22)35-37(27-11-7-6-10-26(27)33)30(25)40-24-14-12-23(32)13-15-24/h3-15,21,34,39H,16-20H2,1-2H3. The predicted molar refractivity (Wildman–Crippen MR) is 158 cm³/mol. The molecule has 1 saturated heterocycles. The molecule has 7 nitrogen and oxygen atoms in total. The van der Waals surface area contributed by atoms with Crippen LogP contribution in [0.5, 0.6) is 11.6 Å². The van der Waals surface area contributed by atoms with E-state index in [1.54, 1.807) is 39.9 Å². The third kappa shape index (κ3) is 6.03. The Labute approximate surface area is 244 Å². The number of halogens is 2. The first-order chi connectivity index (χ1) is 19.2. The van der Waals surface area contributed by atoms with Crippen LogP contribution in [0.25, 0.3) is 5.69 Å². The molecule has 1 fully saturated rings. The van der Waals surface area contributed by atoms with E-state index < -0.39 is 5.60 Å². The van der Waals surface area contributed by atoms with Crippen LogP contribution in [-0.4, -0.2) is 44.8 Å². The number of amides is 1. The Balaban J connectivity index is 1.53. The maximum Gasteiger partial charge on any atom is 0.274 e. The summed E-state index contributed by atoms with van der Waals surface area (Å²) in [5, 5.41) is 20.6. The largest absolute Gasteiger partial charge is 0.439 e. The molecule has 2 heterocycles. The number of aliphatic hydroxyl groups is 1. The molecule has 4 aromatic rings. The fourth-order valence-electron chi connectivity index (χ4n) is 4.84. The number of carbonyl (C=O) groups is 1. The van der Waals surface area contributed by atoms with Gasteiger partial charge in [-0.25, -0.2) is 0 Å². The van der Waals surface area contributed by atoms with E-state index >= 15 is 0 Å². The smallest absolute Gasteiger partial charge is 0.274 e. The van der Waals surface area contributed by atoms with Crippen molar-refractivity contribution < 1.29 is 14.6 Å². The van der Waals surface area contributed by atoms with Crippen LogP contribution in [0.2, 0.25) is 10.0 Å². The predicted octanol–water partition coefficient (Wildman–Crippen LogP) is 6.59. The molecule has 0 atom stereocenters. The average Bonchev–Trinajstić information content (AvgIpc) is 3.31. The lowest BCUT2D eigenvalue weighted by Gasteiger charge is -2.38. The number of hydrogen-bond donors (Lipinski definition) is 2. The minimum Gasteiger partial charge on any atom is -0.439 e. The Morgan fingerprint density at radius 3 is 2.30 bits per heavy atom. The molecule has 0 aliphatic carbocycles. The molecule has 0 bridgehead atoms.